The lowest BCUT2D eigenvalue weighted by molar-refractivity contribution is -0.384. The van der Waals surface area contributed by atoms with Crippen LogP contribution < -0.4 is 5.73 Å². The Bertz CT molecular complexity index is 366. The predicted octanol–water partition coefficient (Wildman–Crippen LogP) is 2.49. The van der Waals surface area contributed by atoms with E-state index in [1.54, 1.807) is 12.1 Å². The minimum atomic E-state index is -0.481. The van der Waals surface area contributed by atoms with Crippen LogP contribution in [0.25, 0.3) is 0 Å². The van der Waals surface area contributed by atoms with Gasteiger partial charge in [0.2, 0.25) is 0 Å². The molecule has 2 N–H and O–H groups in total. The molecule has 0 unspecified atom stereocenters. The Morgan fingerprint density at radius 2 is 2.25 bits per heavy atom. The molecule has 0 atom stereocenters. The number of nitrogens with two attached hydrogens (primary N) is 1. The number of rotatable bonds is 6. The zero-order valence-corrected chi connectivity index (χ0v) is 9.31. The average molecular weight is 224 g/mol. The molecular weight excluding hydrogens is 208 g/mol. The van der Waals surface area contributed by atoms with Crippen molar-refractivity contribution in [3.63, 3.8) is 0 Å². The van der Waals surface area contributed by atoms with Crippen molar-refractivity contribution in [1.82, 2.24) is 0 Å². The molecular formula is C11H16N2O3. The number of ether oxygens (including phenoxy) is 1. The van der Waals surface area contributed by atoms with Crippen LogP contribution in [-0.4, -0.2) is 11.5 Å². The van der Waals surface area contributed by atoms with E-state index in [9.17, 15) is 10.1 Å². The monoisotopic (exact) mass is 224 g/mol. The van der Waals surface area contributed by atoms with Crippen LogP contribution in [0.4, 0.5) is 11.4 Å². The zero-order chi connectivity index (χ0) is 12.0. The third-order valence-electron chi connectivity index (χ3n) is 2.27. The smallest absolute Gasteiger partial charge is 0.292 e. The molecule has 0 fully saturated rings. The van der Waals surface area contributed by atoms with Gasteiger partial charge in [-0.3, -0.25) is 10.1 Å². The van der Waals surface area contributed by atoms with Crippen LogP contribution in [0.3, 0.4) is 0 Å². The highest BCUT2D eigenvalue weighted by molar-refractivity contribution is 5.62. The minimum Gasteiger partial charge on any atom is -0.393 e. The van der Waals surface area contributed by atoms with Gasteiger partial charge in [-0.15, -0.1) is 0 Å². The zero-order valence-electron chi connectivity index (χ0n) is 9.31. The maximum atomic E-state index is 10.6. The van der Waals surface area contributed by atoms with Gasteiger partial charge in [0.05, 0.1) is 11.5 Å². The molecule has 1 aromatic rings. The summed E-state index contributed by atoms with van der Waals surface area (Å²) in [6, 6.07) is 4.76. The summed E-state index contributed by atoms with van der Waals surface area (Å²) < 4.78 is 5.37. The molecule has 0 saturated heterocycles. The first-order valence-electron chi connectivity index (χ1n) is 5.26. The van der Waals surface area contributed by atoms with Gasteiger partial charge in [0, 0.05) is 18.2 Å². The number of nitrogens with zero attached hydrogens (tertiary/aromatic N) is 1. The predicted molar refractivity (Wildman–Crippen MR) is 62.1 cm³/mol. The molecule has 0 spiro atoms. The molecule has 16 heavy (non-hydrogen) atoms. The van der Waals surface area contributed by atoms with E-state index in [0.717, 1.165) is 12.8 Å². The summed E-state index contributed by atoms with van der Waals surface area (Å²) in [4.78, 5) is 10.2. The molecule has 0 bridgehead atoms. The first-order chi connectivity index (χ1) is 7.66. The molecule has 0 radical (unpaired) electrons. The fraction of sp³-hybridized carbons (Fsp3) is 0.455. The van der Waals surface area contributed by atoms with E-state index in [0.29, 0.717) is 18.8 Å². The van der Waals surface area contributed by atoms with Gasteiger partial charge in [-0.05, 0) is 6.42 Å². The Hall–Kier alpha value is -1.62. The molecule has 0 heterocycles. The number of unbranched alkanes of at least 4 members (excludes halogenated alkanes) is 1. The Labute approximate surface area is 94.4 Å². The van der Waals surface area contributed by atoms with Crippen LogP contribution in [0.15, 0.2) is 18.2 Å². The van der Waals surface area contributed by atoms with E-state index in [1.165, 1.54) is 6.07 Å². The van der Waals surface area contributed by atoms with Crippen molar-refractivity contribution in [2.24, 2.45) is 0 Å². The normalized spacial score (nSPS) is 10.3. The molecule has 1 aromatic carbocycles. The van der Waals surface area contributed by atoms with E-state index in [4.69, 9.17) is 10.5 Å². The summed E-state index contributed by atoms with van der Waals surface area (Å²) in [5.74, 6) is 0. The average Bonchev–Trinajstić information content (AvgIpc) is 2.26. The van der Waals surface area contributed by atoms with Crippen LogP contribution in [0.2, 0.25) is 0 Å². The third kappa shape index (κ3) is 3.20. The molecule has 0 saturated carbocycles. The second-order valence-electron chi connectivity index (χ2n) is 3.51. The van der Waals surface area contributed by atoms with E-state index >= 15 is 0 Å². The highest BCUT2D eigenvalue weighted by Gasteiger charge is 2.13. The summed E-state index contributed by atoms with van der Waals surface area (Å²) in [6.07, 6.45) is 2.04. The van der Waals surface area contributed by atoms with Crippen molar-refractivity contribution in [3.05, 3.63) is 33.9 Å². The standard InChI is InChI=1S/C11H16N2O3/c1-2-3-7-16-8-9-5-4-6-10(11(9)12)13(14)15/h4-6H,2-3,7-8,12H2,1H3. The summed E-state index contributed by atoms with van der Waals surface area (Å²) in [7, 11) is 0. The number of anilines is 1. The first kappa shape index (κ1) is 12.4. The van der Waals surface area contributed by atoms with Gasteiger partial charge in [-0.25, -0.2) is 0 Å². The van der Waals surface area contributed by atoms with Crippen molar-refractivity contribution in [2.75, 3.05) is 12.3 Å². The number of nitrogen functional groups attached to an aromatic ring is 1. The quantitative estimate of drug-likeness (QED) is 0.348. The van der Waals surface area contributed by atoms with Crippen molar-refractivity contribution in [1.29, 1.82) is 0 Å². The summed E-state index contributed by atoms with van der Waals surface area (Å²) >= 11 is 0. The Balaban J connectivity index is 2.66. The van der Waals surface area contributed by atoms with Crippen molar-refractivity contribution in [3.8, 4) is 0 Å². The highest BCUT2D eigenvalue weighted by Crippen LogP contribution is 2.25. The molecule has 0 aliphatic rings. The summed E-state index contributed by atoms with van der Waals surface area (Å²) in [5, 5.41) is 10.6. The molecule has 5 heteroatoms. The second-order valence-corrected chi connectivity index (χ2v) is 3.51. The first-order valence-corrected chi connectivity index (χ1v) is 5.26. The number of hydrogen-bond acceptors (Lipinski definition) is 4. The topological polar surface area (TPSA) is 78.4 Å². The number of hydrogen-bond donors (Lipinski definition) is 1. The van der Waals surface area contributed by atoms with E-state index in [1.807, 2.05) is 0 Å². The number of para-hydroxylation sites is 1. The van der Waals surface area contributed by atoms with Gasteiger partial charge in [0.1, 0.15) is 5.69 Å². The SMILES string of the molecule is CCCCOCc1cccc([N+](=O)[O-])c1N. The second kappa shape index (κ2) is 6.07. The van der Waals surface area contributed by atoms with Crippen LogP contribution in [-0.2, 0) is 11.3 Å². The van der Waals surface area contributed by atoms with Gasteiger partial charge in [0.15, 0.2) is 0 Å². The molecule has 88 valence electrons. The largest absolute Gasteiger partial charge is 0.393 e. The summed E-state index contributed by atoms with van der Waals surface area (Å²) in [6.45, 7) is 3.05. The molecule has 0 aliphatic carbocycles. The Kier molecular flexibility index (Phi) is 4.72. The van der Waals surface area contributed by atoms with Gasteiger partial charge < -0.3 is 10.5 Å². The molecule has 0 amide bonds. The van der Waals surface area contributed by atoms with Gasteiger partial charge >= 0.3 is 0 Å². The van der Waals surface area contributed by atoms with Gasteiger partial charge in [-0.1, -0.05) is 25.5 Å². The molecule has 5 nitrogen and oxygen atoms in total. The fourth-order valence-electron chi connectivity index (χ4n) is 1.31. The van der Waals surface area contributed by atoms with Gasteiger partial charge in [-0.2, -0.15) is 0 Å². The van der Waals surface area contributed by atoms with Crippen LogP contribution >= 0.6 is 0 Å². The Morgan fingerprint density at radius 3 is 2.88 bits per heavy atom. The van der Waals surface area contributed by atoms with Crippen molar-refractivity contribution in [2.45, 2.75) is 26.4 Å². The lowest BCUT2D eigenvalue weighted by atomic mass is 10.1. The lowest BCUT2D eigenvalue weighted by Crippen LogP contribution is -2.02. The maximum Gasteiger partial charge on any atom is 0.292 e. The van der Waals surface area contributed by atoms with Crippen LogP contribution in [0.5, 0.6) is 0 Å². The van der Waals surface area contributed by atoms with Crippen molar-refractivity contribution < 1.29 is 9.66 Å². The fourth-order valence-corrected chi connectivity index (χ4v) is 1.31. The maximum absolute atomic E-state index is 10.6. The van der Waals surface area contributed by atoms with Gasteiger partial charge in [0.25, 0.3) is 5.69 Å². The lowest BCUT2D eigenvalue weighted by Gasteiger charge is -2.06. The molecule has 0 aliphatic heterocycles. The molecule has 1 rings (SSSR count). The minimum absolute atomic E-state index is 0.0587. The Morgan fingerprint density at radius 1 is 1.50 bits per heavy atom. The van der Waals surface area contributed by atoms with E-state index < -0.39 is 4.92 Å². The van der Waals surface area contributed by atoms with Crippen LogP contribution in [0.1, 0.15) is 25.3 Å². The highest BCUT2D eigenvalue weighted by atomic mass is 16.6. The van der Waals surface area contributed by atoms with Crippen LogP contribution in [0, 0.1) is 10.1 Å². The number of nitro groups is 1. The number of nitro benzene ring substituents is 1. The van der Waals surface area contributed by atoms with E-state index in [-0.39, 0.29) is 11.4 Å². The van der Waals surface area contributed by atoms with E-state index in [2.05, 4.69) is 6.92 Å². The number of benzene rings is 1. The molecule has 0 aromatic heterocycles. The third-order valence-corrected chi connectivity index (χ3v) is 2.27. The van der Waals surface area contributed by atoms with Crippen molar-refractivity contribution >= 4 is 11.4 Å². The summed E-state index contributed by atoms with van der Waals surface area (Å²) in [5.41, 5.74) is 6.49.